The van der Waals surface area contributed by atoms with Gasteiger partial charge in [0, 0.05) is 58.0 Å². The van der Waals surface area contributed by atoms with Gasteiger partial charge in [-0.05, 0) is 36.6 Å². The van der Waals surface area contributed by atoms with Crippen LogP contribution in [-0.2, 0) is 16.0 Å². The summed E-state index contributed by atoms with van der Waals surface area (Å²) < 4.78 is 0. The molecule has 2 amide bonds. The minimum Gasteiger partial charge on any atom is -0.353 e. The molecule has 6 heteroatoms. The normalized spacial score (nSPS) is 14.0. The van der Waals surface area contributed by atoms with Gasteiger partial charge in [0.2, 0.25) is 11.8 Å². The lowest BCUT2D eigenvalue weighted by Gasteiger charge is -2.36. The van der Waals surface area contributed by atoms with Crippen molar-refractivity contribution in [2.45, 2.75) is 33.6 Å². The van der Waals surface area contributed by atoms with Crippen molar-refractivity contribution < 1.29 is 9.59 Å². The van der Waals surface area contributed by atoms with Crippen molar-refractivity contribution in [1.29, 1.82) is 0 Å². The van der Waals surface area contributed by atoms with E-state index in [0.29, 0.717) is 26.1 Å². The molecule has 0 saturated carbocycles. The maximum Gasteiger partial charge on any atom is 0.224 e. The molecule has 1 aromatic carbocycles. The Morgan fingerprint density at radius 1 is 1.07 bits per heavy atom. The SMILES string of the molecule is CCc1cccc(C)c1N(CCC(=O)N1CCN(c2ccccn2)CC1)C(C)=O. The third-order valence-electron chi connectivity index (χ3n) is 5.51. The van der Waals surface area contributed by atoms with Crippen LogP contribution in [-0.4, -0.2) is 54.4 Å². The molecule has 1 fully saturated rings. The predicted molar refractivity (Wildman–Crippen MR) is 116 cm³/mol. The average molecular weight is 395 g/mol. The number of benzene rings is 1. The van der Waals surface area contributed by atoms with Gasteiger partial charge in [-0.2, -0.15) is 0 Å². The Kier molecular flexibility index (Phi) is 6.86. The summed E-state index contributed by atoms with van der Waals surface area (Å²) in [6, 6.07) is 12.0. The highest BCUT2D eigenvalue weighted by molar-refractivity contribution is 5.94. The van der Waals surface area contributed by atoms with E-state index in [4.69, 9.17) is 0 Å². The summed E-state index contributed by atoms with van der Waals surface area (Å²) in [5.74, 6) is 1.03. The van der Waals surface area contributed by atoms with E-state index >= 15 is 0 Å². The van der Waals surface area contributed by atoms with Crippen molar-refractivity contribution in [1.82, 2.24) is 9.88 Å². The zero-order chi connectivity index (χ0) is 20.8. The quantitative estimate of drug-likeness (QED) is 0.756. The van der Waals surface area contributed by atoms with Crippen LogP contribution in [0.2, 0.25) is 0 Å². The standard InChI is InChI=1S/C23H30N4O2/c1-4-20-9-7-8-18(2)23(20)27(19(3)28)13-11-22(29)26-16-14-25(15-17-26)21-10-5-6-12-24-21/h5-10,12H,4,11,13-17H2,1-3H3. The Morgan fingerprint density at radius 2 is 1.83 bits per heavy atom. The van der Waals surface area contributed by atoms with Gasteiger partial charge in [0.25, 0.3) is 0 Å². The van der Waals surface area contributed by atoms with E-state index in [-0.39, 0.29) is 11.8 Å². The molecule has 29 heavy (non-hydrogen) atoms. The van der Waals surface area contributed by atoms with E-state index in [1.165, 1.54) is 0 Å². The molecule has 6 nitrogen and oxygen atoms in total. The smallest absolute Gasteiger partial charge is 0.224 e. The molecule has 0 atom stereocenters. The molecule has 2 aromatic rings. The van der Waals surface area contributed by atoms with Crippen LogP contribution in [0.1, 0.15) is 31.4 Å². The zero-order valence-corrected chi connectivity index (χ0v) is 17.6. The second-order valence-electron chi connectivity index (χ2n) is 7.41. The van der Waals surface area contributed by atoms with Crippen LogP contribution in [0.5, 0.6) is 0 Å². The fourth-order valence-corrected chi connectivity index (χ4v) is 3.91. The summed E-state index contributed by atoms with van der Waals surface area (Å²) in [5.41, 5.74) is 3.16. The van der Waals surface area contributed by atoms with E-state index in [2.05, 4.69) is 22.9 Å². The maximum absolute atomic E-state index is 12.8. The van der Waals surface area contributed by atoms with Crippen molar-refractivity contribution in [2.75, 3.05) is 42.5 Å². The Balaban J connectivity index is 1.60. The molecule has 2 heterocycles. The summed E-state index contributed by atoms with van der Waals surface area (Å²) in [6.07, 6.45) is 2.98. The fraction of sp³-hybridized carbons (Fsp3) is 0.435. The lowest BCUT2D eigenvalue weighted by Crippen LogP contribution is -2.49. The number of hydrogen-bond donors (Lipinski definition) is 0. The molecule has 1 saturated heterocycles. The lowest BCUT2D eigenvalue weighted by molar-refractivity contribution is -0.131. The van der Waals surface area contributed by atoms with Crippen LogP contribution >= 0.6 is 0 Å². The highest BCUT2D eigenvalue weighted by Gasteiger charge is 2.24. The number of hydrogen-bond acceptors (Lipinski definition) is 4. The predicted octanol–water partition coefficient (Wildman–Crippen LogP) is 3.04. The first-order valence-corrected chi connectivity index (χ1v) is 10.3. The first kappa shape index (κ1) is 20.8. The van der Waals surface area contributed by atoms with Crippen molar-refractivity contribution in [3.05, 3.63) is 53.7 Å². The third kappa shape index (κ3) is 4.94. The fourth-order valence-electron chi connectivity index (χ4n) is 3.91. The highest BCUT2D eigenvalue weighted by Crippen LogP contribution is 2.26. The lowest BCUT2D eigenvalue weighted by atomic mass is 10.0. The topological polar surface area (TPSA) is 56.8 Å². The van der Waals surface area contributed by atoms with Crippen LogP contribution in [0.25, 0.3) is 0 Å². The number of rotatable bonds is 6. The van der Waals surface area contributed by atoms with Crippen molar-refractivity contribution in [2.24, 2.45) is 0 Å². The van der Waals surface area contributed by atoms with Crippen LogP contribution in [0.3, 0.4) is 0 Å². The number of aromatic nitrogens is 1. The Labute approximate surface area is 173 Å². The number of carbonyl (C=O) groups is 2. The molecule has 0 radical (unpaired) electrons. The number of amides is 2. The molecule has 0 N–H and O–H groups in total. The first-order valence-electron chi connectivity index (χ1n) is 10.3. The number of piperazine rings is 1. The molecule has 154 valence electrons. The average Bonchev–Trinajstić information content (AvgIpc) is 2.75. The summed E-state index contributed by atoms with van der Waals surface area (Å²) in [7, 11) is 0. The summed E-state index contributed by atoms with van der Waals surface area (Å²) in [5, 5.41) is 0. The molecule has 0 spiro atoms. The molecule has 1 aliphatic rings. The van der Waals surface area contributed by atoms with Crippen molar-refractivity contribution >= 4 is 23.3 Å². The van der Waals surface area contributed by atoms with Gasteiger partial charge in [-0.1, -0.05) is 31.2 Å². The summed E-state index contributed by atoms with van der Waals surface area (Å²) in [6.45, 7) is 8.99. The minimum absolute atomic E-state index is 0.0261. The Hall–Kier alpha value is -2.89. The van der Waals surface area contributed by atoms with Gasteiger partial charge in [-0.25, -0.2) is 4.98 Å². The van der Waals surface area contributed by atoms with E-state index in [0.717, 1.165) is 42.1 Å². The maximum atomic E-state index is 12.8. The molecular weight excluding hydrogens is 364 g/mol. The monoisotopic (exact) mass is 394 g/mol. The highest BCUT2D eigenvalue weighted by atomic mass is 16.2. The van der Waals surface area contributed by atoms with Gasteiger partial charge >= 0.3 is 0 Å². The van der Waals surface area contributed by atoms with E-state index in [9.17, 15) is 9.59 Å². The Bertz CT molecular complexity index is 845. The van der Waals surface area contributed by atoms with E-state index in [1.807, 2.05) is 42.2 Å². The number of anilines is 2. The summed E-state index contributed by atoms with van der Waals surface area (Å²) in [4.78, 5) is 35.4. The second-order valence-corrected chi connectivity index (χ2v) is 7.41. The molecule has 0 unspecified atom stereocenters. The Morgan fingerprint density at radius 3 is 2.45 bits per heavy atom. The first-order chi connectivity index (χ1) is 14.0. The van der Waals surface area contributed by atoms with Crippen LogP contribution in [0.15, 0.2) is 42.6 Å². The summed E-state index contributed by atoms with van der Waals surface area (Å²) >= 11 is 0. The van der Waals surface area contributed by atoms with Crippen LogP contribution < -0.4 is 9.80 Å². The van der Waals surface area contributed by atoms with Gasteiger partial charge in [0.15, 0.2) is 0 Å². The van der Waals surface area contributed by atoms with Gasteiger partial charge in [-0.15, -0.1) is 0 Å². The van der Waals surface area contributed by atoms with Gasteiger partial charge in [0.1, 0.15) is 5.82 Å². The van der Waals surface area contributed by atoms with Gasteiger partial charge in [0.05, 0.1) is 0 Å². The second kappa shape index (κ2) is 9.54. The largest absolute Gasteiger partial charge is 0.353 e. The van der Waals surface area contributed by atoms with Crippen molar-refractivity contribution in [3.63, 3.8) is 0 Å². The number of nitrogens with zero attached hydrogens (tertiary/aromatic N) is 4. The number of carbonyl (C=O) groups excluding carboxylic acids is 2. The zero-order valence-electron chi connectivity index (χ0n) is 17.6. The third-order valence-corrected chi connectivity index (χ3v) is 5.51. The minimum atomic E-state index is -0.0261. The van der Waals surface area contributed by atoms with Gasteiger partial charge < -0.3 is 14.7 Å². The number of aryl methyl sites for hydroxylation is 2. The molecule has 0 bridgehead atoms. The van der Waals surface area contributed by atoms with Crippen LogP contribution in [0.4, 0.5) is 11.5 Å². The van der Waals surface area contributed by atoms with Crippen LogP contribution in [0, 0.1) is 6.92 Å². The van der Waals surface area contributed by atoms with Crippen molar-refractivity contribution in [3.8, 4) is 0 Å². The molecule has 0 aliphatic carbocycles. The molecule has 3 rings (SSSR count). The van der Waals surface area contributed by atoms with Gasteiger partial charge in [-0.3, -0.25) is 9.59 Å². The molecule has 1 aliphatic heterocycles. The van der Waals surface area contributed by atoms with E-state index < -0.39 is 0 Å². The molecular formula is C23H30N4O2. The number of para-hydroxylation sites is 1. The van der Waals surface area contributed by atoms with E-state index in [1.54, 1.807) is 18.0 Å². The number of pyridine rings is 1. The molecule has 1 aromatic heterocycles.